The average Bonchev–Trinajstić information content (AvgIpc) is 2.60. The van der Waals surface area contributed by atoms with Gasteiger partial charge in [-0.25, -0.2) is 8.42 Å². The van der Waals surface area contributed by atoms with E-state index in [2.05, 4.69) is 5.32 Å². The molecule has 0 aliphatic carbocycles. The van der Waals surface area contributed by atoms with Crippen LogP contribution in [0.2, 0.25) is 0 Å². The second-order valence-corrected chi connectivity index (χ2v) is 7.70. The summed E-state index contributed by atoms with van der Waals surface area (Å²) in [5.74, 6) is -0.803. The molecule has 0 atom stereocenters. The highest BCUT2D eigenvalue weighted by atomic mass is 32.2. The topological polar surface area (TPSA) is 116 Å². The highest BCUT2D eigenvalue weighted by Crippen LogP contribution is 2.29. The Morgan fingerprint density at radius 1 is 1.19 bits per heavy atom. The summed E-state index contributed by atoms with van der Waals surface area (Å²) in [6, 6.07) is 12.4. The molecule has 8 nitrogen and oxygen atoms in total. The van der Waals surface area contributed by atoms with Crippen molar-refractivity contribution >= 4 is 27.1 Å². The van der Waals surface area contributed by atoms with Crippen molar-refractivity contribution in [2.45, 2.75) is 12.2 Å². The van der Waals surface area contributed by atoms with Crippen LogP contribution >= 0.6 is 0 Å². The largest absolute Gasteiger partial charge is 0.495 e. The Balaban J connectivity index is 2.00. The number of sulfone groups is 1. The Morgan fingerprint density at radius 3 is 2.50 bits per heavy atom. The molecular formula is C17H18N2O6S. The van der Waals surface area contributed by atoms with E-state index in [4.69, 9.17) is 4.74 Å². The first-order valence-electron chi connectivity index (χ1n) is 7.67. The minimum absolute atomic E-state index is 0.118. The molecule has 0 saturated heterocycles. The number of hydrogen-bond acceptors (Lipinski definition) is 6. The molecule has 9 heteroatoms. The fourth-order valence-corrected chi connectivity index (χ4v) is 3.61. The second kappa shape index (κ2) is 8.43. The van der Waals surface area contributed by atoms with Gasteiger partial charge in [-0.1, -0.05) is 30.3 Å². The first kappa shape index (κ1) is 19.4. The average molecular weight is 378 g/mol. The third kappa shape index (κ3) is 5.55. The zero-order valence-electron chi connectivity index (χ0n) is 14.0. The maximum absolute atomic E-state index is 12.1. The van der Waals surface area contributed by atoms with Crippen molar-refractivity contribution in [1.29, 1.82) is 0 Å². The number of non-ortho nitro benzene ring substituents is 1. The Kier molecular flexibility index (Phi) is 6.29. The molecule has 26 heavy (non-hydrogen) atoms. The minimum atomic E-state index is -3.46. The summed E-state index contributed by atoms with van der Waals surface area (Å²) in [4.78, 5) is 22.3. The zero-order chi connectivity index (χ0) is 19.2. The van der Waals surface area contributed by atoms with Crippen LogP contribution in [0.1, 0.15) is 12.0 Å². The van der Waals surface area contributed by atoms with E-state index < -0.39 is 20.7 Å². The number of rotatable bonds is 8. The number of anilines is 1. The van der Waals surface area contributed by atoms with E-state index in [0.29, 0.717) is 5.56 Å². The minimum Gasteiger partial charge on any atom is -0.495 e. The zero-order valence-corrected chi connectivity index (χ0v) is 14.9. The fourth-order valence-electron chi connectivity index (χ4n) is 2.27. The number of carbonyl (C=O) groups excluding carboxylic acids is 1. The number of amides is 1. The van der Waals surface area contributed by atoms with Gasteiger partial charge in [-0.2, -0.15) is 0 Å². The number of hydrogen-bond donors (Lipinski definition) is 1. The summed E-state index contributed by atoms with van der Waals surface area (Å²) >= 11 is 0. The van der Waals surface area contributed by atoms with Gasteiger partial charge in [0.2, 0.25) is 5.91 Å². The first-order valence-corrected chi connectivity index (χ1v) is 9.49. The van der Waals surface area contributed by atoms with Crippen molar-refractivity contribution in [2.75, 3.05) is 18.2 Å². The number of methoxy groups -OCH3 is 1. The summed E-state index contributed by atoms with van der Waals surface area (Å²) < 4.78 is 29.3. The van der Waals surface area contributed by atoms with E-state index >= 15 is 0 Å². The lowest BCUT2D eigenvalue weighted by Gasteiger charge is -2.10. The SMILES string of the molecule is COc1ccc([N+](=O)[O-])cc1NC(=O)CCS(=O)(=O)Cc1ccccc1. The molecule has 0 fully saturated rings. The van der Waals surface area contributed by atoms with E-state index in [0.717, 1.165) is 6.07 Å². The molecule has 1 amide bonds. The van der Waals surface area contributed by atoms with Gasteiger partial charge in [0.25, 0.3) is 5.69 Å². The number of nitrogens with zero attached hydrogens (tertiary/aromatic N) is 1. The second-order valence-electron chi connectivity index (χ2n) is 5.52. The lowest BCUT2D eigenvalue weighted by Crippen LogP contribution is -2.18. The lowest BCUT2D eigenvalue weighted by atomic mass is 10.2. The van der Waals surface area contributed by atoms with Crippen LogP contribution < -0.4 is 10.1 Å². The van der Waals surface area contributed by atoms with Crippen LogP contribution in [-0.2, 0) is 20.4 Å². The molecule has 138 valence electrons. The smallest absolute Gasteiger partial charge is 0.271 e. The first-order chi connectivity index (χ1) is 12.3. The highest BCUT2D eigenvalue weighted by molar-refractivity contribution is 7.90. The van der Waals surface area contributed by atoms with Gasteiger partial charge in [0.05, 0.1) is 29.2 Å². The molecule has 0 unspecified atom stereocenters. The number of carbonyl (C=O) groups is 1. The molecule has 2 rings (SSSR count). The fraction of sp³-hybridized carbons (Fsp3) is 0.235. The molecule has 0 aliphatic heterocycles. The standard InChI is InChI=1S/C17H18N2O6S/c1-25-16-8-7-14(19(21)22)11-15(16)18-17(20)9-10-26(23,24)12-13-5-3-2-4-6-13/h2-8,11H,9-10,12H2,1H3,(H,18,20). The quantitative estimate of drug-likeness (QED) is 0.557. The Labute approximate surface area is 150 Å². The molecule has 0 bridgehead atoms. The van der Waals surface area contributed by atoms with Gasteiger partial charge in [0, 0.05) is 18.6 Å². The monoisotopic (exact) mass is 378 g/mol. The van der Waals surface area contributed by atoms with Crippen molar-refractivity contribution in [2.24, 2.45) is 0 Å². The molecule has 0 heterocycles. The van der Waals surface area contributed by atoms with Crippen molar-refractivity contribution in [3.05, 3.63) is 64.2 Å². The maximum atomic E-state index is 12.1. The van der Waals surface area contributed by atoms with Crippen molar-refractivity contribution in [3.63, 3.8) is 0 Å². The Morgan fingerprint density at radius 2 is 1.88 bits per heavy atom. The van der Waals surface area contributed by atoms with E-state index in [1.807, 2.05) is 0 Å². The molecule has 2 aromatic carbocycles. The molecular weight excluding hydrogens is 360 g/mol. The van der Waals surface area contributed by atoms with Gasteiger partial charge in [-0.3, -0.25) is 14.9 Å². The number of nitrogens with one attached hydrogen (secondary N) is 1. The van der Waals surface area contributed by atoms with Crippen LogP contribution in [0.3, 0.4) is 0 Å². The highest BCUT2D eigenvalue weighted by Gasteiger charge is 2.17. The van der Waals surface area contributed by atoms with Crippen LogP contribution in [0.25, 0.3) is 0 Å². The van der Waals surface area contributed by atoms with Crippen LogP contribution in [-0.4, -0.2) is 32.1 Å². The predicted octanol–water partition coefficient (Wildman–Crippen LogP) is 2.55. The van der Waals surface area contributed by atoms with E-state index in [-0.39, 0.29) is 35.1 Å². The number of nitro groups is 1. The van der Waals surface area contributed by atoms with Gasteiger partial charge in [0.1, 0.15) is 5.75 Å². The summed E-state index contributed by atoms with van der Waals surface area (Å²) in [6.07, 6.45) is -0.263. The number of benzene rings is 2. The van der Waals surface area contributed by atoms with Gasteiger partial charge in [-0.05, 0) is 11.6 Å². The summed E-state index contributed by atoms with van der Waals surface area (Å²) in [5.41, 5.74) is 0.554. The van der Waals surface area contributed by atoms with E-state index in [1.54, 1.807) is 30.3 Å². The molecule has 0 radical (unpaired) electrons. The van der Waals surface area contributed by atoms with Crippen molar-refractivity contribution in [1.82, 2.24) is 0 Å². The van der Waals surface area contributed by atoms with Gasteiger partial charge in [0.15, 0.2) is 9.84 Å². The predicted molar refractivity (Wildman–Crippen MR) is 96.8 cm³/mol. The molecule has 0 saturated carbocycles. The molecule has 0 spiro atoms. The third-order valence-corrected chi connectivity index (χ3v) is 5.14. The van der Waals surface area contributed by atoms with Gasteiger partial charge in [-0.15, -0.1) is 0 Å². The van der Waals surface area contributed by atoms with Crippen LogP contribution in [0.15, 0.2) is 48.5 Å². The van der Waals surface area contributed by atoms with Crippen LogP contribution in [0.5, 0.6) is 5.75 Å². The van der Waals surface area contributed by atoms with Gasteiger partial charge >= 0.3 is 0 Å². The van der Waals surface area contributed by atoms with Gasteiger partial charge < -0.3 is 10.1 Å². The normalized spacial score (nSPS) is 11.0. The van der Waals surface area contributed by atoms with Crippen molar-refractivity contribution in [3.8, 4) is 5.75 Å². The maximum Gasteiger partial charge on any atom is 0.271 e. The van der Waals surface area contributed by atoms with Crippen LogP contribution in [0.4, 0.5) is 11.4 Å². The summed E-state index contributed by atoms with van der Waals surface area (Å²) in [6.45, 7) is 0. The number of nitro benzene ring substituents is 1. The van der Waals surface area contributed by atoms with E-state index in [1.165, 1.54) is 19.2 Å². The molecule has 2 aromatic rings. The molecule has 0 aliphatic rings. The third-order valence-electron chi connectivity index (χ3n) is 3.54. The summed E-state index contributed by atoms with van der Waals surface area (Å²) in [7, 11) is -2.10. The van der Waals surface area contributed by atoms with E-state index in [9.17, 15) is 23.3 Å². The Bertz CT molecular complexity index is 897. The van der Waals surface area contributed by atoms with Crippen LogP contribution in [0, 0.1) is 10.1 Å². The number of ether oxygens (including phenoxy) is 1. The molecule has 0 aromatic heterocycles. The van der Waals surface area contributed by atoms with Crippen molar-refractivity contribution < 1.29 is 22.9 Å². The Hall–Kier alpha value is -2.94. The lowest BCUT2D eigenvalue weighted by molar-refractivity contribution is -0.384. The summed E-state index contributed by atoms with van der Waals surface area (Å²) in [5, 5.41) is 13.3. The molecule has 1 N–H and O–H groups in total.